The van der Waals surface area contributed by atoms with Crippen molar-refractivity contribution in [1.29, 1.82) is 0 Å². The number of nitrogens with two attached hydrogens (primary N) is 1. The third-order valence-electron chi connectivity index (χ3n) is 1.66. The zero-order valence-electron chi connectivity index (χ0n) is 8.00. The molecule has 0 saturated carbocycles. The molecule has 0 bridgehead atoms. The summed E-state index contributed by atoms with van der Waals surface area (Å²) >= 11 is 0. The van der Waals surface area contributed by atoms with Crippen molar-refractivity contribution in [3.63, 3.8) is 0 Å². The zero-order valence-corrected chi connectivity index (χ0v) is 8.00. The fraction of sp³-hybridized carbons (Fsp3) is 0.750. The molecular weight excluding hydrogens is 172 g/mol. The first-order chi connectivity index (χ1) is 6.07. The van der Waals surface area contributed by atoms with Crippen molar-refractivity contribution in [2.75, 3.05) is 13.2 Å². The topological polar surface area (TPSA) is 81.4 Å². The number of esters is 1. The van der Waals surface area contributed by atoms with Crippen LogP contribution >= 0.6 is 0 Å². The Bertz CT molecular complexity index is 182. The summed E-state index contributed by atoms with van der Waals surface area (Å²) in [5, 5.41) is 2.32. The molecule has 13 heavy (non-hydrogen) atoms. The number of hydrogen-bond acceptors (Lipinski definition) is 3. The number of primary amides is 1. The van der Waals surface area contributed by atoms with Crippen LogP contribution in [0.15, 0.2) is 0 Å². The van der Waals surface area contributed by atoms with Gasteiger partial charge in [-0.05, 0) is 6.42 Å². The van der Waals surface area contributed by atoms with Gasteiger partial charge < -0.3 is 15.8 Å². The molecule has 0 aliphatic heterocycles. The summed E-state index contributed by atoms with van der Waals surface area (Å²) in [6.45, 7) is 4.14. The van der Waals surface area contributed by atoms with Crippen molar-refractivity contribution >= 4 is 12.0 Å². The Morgan fingerprint density at radius 2 is 2.15 bits per heavy atom. The smallest absolute Gasteiger partial charge is 0.312 e. The maximum atomic E-state index is 11.1. The van der Waals surface area contributed by atoms with Gasteiger partial charge in [0.2, 0.25) is 0 Å². The molecule has 0 saturated heterocycles. The average molecular weight is 188 g/mol. The van der Waals surface area contributed by atoms with Gasteiger partial charge in [-0.1, -0.05) is 13.8 Å². The minimum absolute atomic E-state index is 0.0893. The van der Waals surface area contributed by atoms with E-state index in [9.17, 15) is 9.59 Å². The van der Waals surface area contributed by atoms with Crippen molar-refractivity contribution in [1.82, 2.24) is 5.32 Å². The molecule has 76 valence electrons. The summed E-state index contributed by atoms with van der Waals surface area (Å²) in [7, 11) is 0. The third-order valence-corrected chi connectivity index (χ3v) is 1.66. The number of ether oxygens (including phenoxy) is 1. The Kier molecular flexibility index (Phi) is 5.67. The average Bonchev–Trinajstić information content (AvgIpc) is 2.10. The van der Waals surface area contributed by atoms with Crippen molar-refractivity contribution in [3.8, 4) is 0 Å². The van der Waals surface area contributed by atoms with Gasteiger partial charge in [0.15, 0.2) is 0 Å². The summed E-state index contributed by atoms with van der Waals surface area (Å²) in [5.74, 6) is -0.331. The van der Waals surface area contributed by atoms with Crippen LogP contribution < -0.4 is 11.1 Å². The standard InChI is InChI=1S/C8H16N2O3/c1-3-6(2)7(11)13-5-4-10-8(9)12/h6H,3-5H2,1-2H3,(H3,9,10,12). The predicted molar refractivity (Wildman–Crippen MR) is 48.0 cm³/mol. The lowest BCUT2D eigenvalue weighted by Gasteiger charge is -2.08. The Morgan fingerprint density at radius 1 is 1.54 bits per heavy atom. The van der Waals surface area contributed by atoms with Gasteiger partial charge in [0.05, 0.1) is 12.5 Å². The van der Waals surface area contributed by atoms with E-state index in [0.29, 0.717) is 0 Å². The second kappa shape index (κ2) is 6.28. The highest BCUT2D eigenvalue weighted by atomic mass is 16.5. The summed E-state index contributed by atoms with van der Waals surface area (Å²) in [5.41, 5.74) is 4.80. The molecule has 0 aromatic carbocycles. The molecule has 0 rings (SSSR count). The van der Waals surface area contributed by atoms with Gasteiger partial charge in [-0.25, -0.2) is 4.79 Å². The van der Waals surface area contributed by atoms with E-state index in [1.54, 1.807) is 6.92 Å². The van der Waals surface area contributed by atoms with Crippen LogP contribution in [0.4, 0.5) is 4.79 Å². The fourth-order valence-electron chi connectivity index (χ4n) is 0.635. The third kappa shape index (κ3) is 5.95. The molecule has 5 nitrogen and oxygen atoms in total. The minimum Gasteiger partial charge on any atom is -0.464 e. The van der Waals surface area contributed by atoms with E-state index in [2.05, 4.69) is 5.32 Å². The highest BCUT2D eigenvalue weighted by Crippen LogP contribution is 2.02. The number of urea groups is 1. The van der Waals surface area contributed by atoms with Crippen LogP contribution in [-0.4, -0.2) is 25.2 Å². The van der Waals surface area contributed by atoms with Crippen molar-refractivity contribution in [2.24, 2.45) is 11.7 Å². The zero-order chi connectivity index (χ0) is 10.3. The number of rotatable bonds is 5. The number of amides is 2. The molecule has 0 aliphatic carbocycles. The second-order valence-electron chi connectivity index (χ2n) is 2.77. The van der Waals surface area contributed by atoms with Crippen LogP contribution in [0.3, 0.4) is 0 Å². The molecule has 0 radical (unpaired) electrons. The second-order valence-corrected chi connectivity index (χ2v) is 2.77. The first kappa shape index (κ1) is 11.7. The SMILES string of the molecule is CCC(C)C(=O)OCCNC(N)=O. The van der Waals surface area contributed by atoms with Crippen LogP contribution in [0.2, 0.25) is 0 Å². The van der Waals surface area contributed by atoms with E-state index in [-0.39, 0.29) is 25.0 Å². The van der Waals surface area contributed by atoms with E-state index in [1.807, 2.05) is 6.92 Å². The maximum absolute atomic E-state index is 11.1. The van der Waals surface area contributed by atoms with Gasteiger partial charge in [-0.2, -0.15) is 0 Å². The molecule has 0 aromatic rings. The molecule has 0 aliphatic rings. The van der Waals surface area contributed by atoms with Gasteiger partial charge >= 0.3 is 12.0 Å². The Labute approximate surface area is 77.6 Å². The maximum Gasteiger partial charge on any atom is 0.312 e. The molecule has 0 fully saturated rings. The Balaban J connectivity index is 3.42. The summed E-state index contributed by atoms with van der Waals surface area (Å²) < 4.78 is 4.84. The number of carbonyl (C=O) groups excluding carboxylic acids is 2. The van der Waals surface area contributed by atoms with Gasteiger partial charge in [-0.3, -0.25) is 4.79 Å². The van der Waals surface area contributed by atoms with E-state index in [1.165, 1.54) is 0 Å². The van der Waals surface area contributed by atoms with E-state index >= 15 is 0 Å². The van der Waals surface area contributed by atoms with Gasteiger partial charge in [0, 0.05) is 0 Å². The monoisotopic (exact) mass is 188 g/mol. The van der Waals surface area contributed by atoms with Crippen LogP contribution in [-0.2, 0) is 9.53 Å². The van der Waals surface area contributed by atoms with Gasteiger partial charge in [0.1, 0.15) is 6.61 Å². The number of hydrogen-bond donors (Lipinski definition) is 2. The lowest BCUT2D eigenvalue weighted by atomic mass is 10.1. The molecule has 2 amide bonds. The molecule has 0 spiro atoms. The quantitative estimate of drug-likeness (QED) is 0.479. The highest BCUT2D eigenvalue weighted by molar-refractivity contribution is 5.72. The molecular formula is C8H16N2O3. The van der Waals surface area contributed by atoms with Gasteiger partial charge in [0.25, 0.3) is 0 Å². The molecule has 1 atom stereocenters. The van der Waals surface area contributed by atoms with E-state index in [0.717, 1.165) is 6.42 Å². The van der Waals surface area contributed by atoms with Crippen LogP contribution in [0, 0.1) is 5.92 Å². The van der Waals surface area contributed by atoms with Crippen LogP contribution in [0.5, 0.6) is 0 Å². The minimum atomic E-state index is -0.611. The normalized spacial score (nSPS) is 11.8. The van der Waals surface area contributed by atoms with Gasteiger partial charge in [-0.15, -0.1) is 0 Å². The molecule has 5 heteroatoms. The Hall–Kier alpha value is -1.26. The Morgan fingerprint density at radius 3 is 2.62 bits per heavy atom. The van der Waals surface area contributed by atoms with Crippen molar-refractivity contribution < 1.29 is 14.3 Å². The predicted octanol–water partition coefficient (Wildman–Crippen LogP) is 0.244. The molecule has 1 unspecified atom stereocenters. The first-order valence-corrected chi connectivity index (χ1v) is 4.27. The highest BCUT2D eigenvalue weighted by Gasteiger charge is 2.10. The summed E-state index contributed by atoms with van der Waals surface area (Å²) in [6.07, 6.45) is 0.752. The summed E-state index contributed by atoms with van der Waals surface area (Å²) in [4.78, 5) is 21.3. The fourth-order valence-corrected chi connectivity index (χ4v) is 0.635. The van der Waals surface area contributed by atoms with Crippen molar-refractivity contribution in [3.05, 3.63) is 0 Å². The van der Waals surface area contributed by atoms with Crippen molar-refractivity contribution in [2.45, 2.75) is 20.3 Å². The van der Waals surface area contributed by atoms with E-state index in [4.69, 9.17) is 10.5 Å². The lowest BCUT2D eigenvalue weighted by molar-refractivity contribution is -0.147. The van der Waals surface area contributed by atoms with E-state index < -0.39 is 6.03 Å². The molecule has 0 aromatic heterocycles. The summed E-state index contributed by atoms with van der Waals surface area (Å²) in [6, 6.07) is -0.611. The molecule has 0 heterocycles. The van der Waals surface area contributed by atoms with Crippen LogP contribution in [0.25, 0.3) is 0 Å². The lowest BCUT2D eigenvalue weighted by Crippen LogP contribution is -2.33. The number of nitrogens with one attached hydrogen (secondary N) is 1. The van der Waals surface area contributed by atoms with Crippen LogP contribution in [0.1, 0.15) is 20.3 Å². The largest absolute Gasteiger partial charge is 0.464 e. The first-order valence-electron chi connectivity index (χ1n) is 4.27. The number of carbonyl (C=O) groups is 2. The molecule has 3 N–H and O–H groups in total.